The summed E-state index contributed by atoms with van der Waals surface area (Å²) in [5, 5.41) is 4.21. The van der Waals surface area contributed by atoms with Crippen LogP contribution in [-0.2, 0) is 17.9 Å². The zero-order valence-electron chi connectivity index (χ0n) is 26.6. The van der Waals surface area contributed by atoms with Crippen molar-refractivity contribution < 1.29 is 28.3 Å². The summed E-state index contributed by atoms with van der Waals surface area (Å²) in [5.74, 6) is 2.91. The summed E-state index contributed by atoms with van der Waals surface area (Å²) in [6.07, 6.45) is 6.36. The molecule has 5 aromatic rings. The smallest absolute Gasteiger partial charge is 0.410 e. The van der Waals surface area contributed by atoms with Gasteiger partial charge in [-0.3, -0.25) is 0 Å². The van der Waals surface area contributed by atoms with Crippen molar-refractivity contribution in [2.75, 3.05) is 27.3 Å². The van der Waals surface area contributed by atoms with Gasteiger partial charge in [0.2, 0.25) is 17.6 Å². The first kappa shape index (κ1) is 30.8. The summed E-state index contributed by atoms with van der Waals surface area (Å²) in [4.78, 5) is 32.3. The maximum Gasteiger partial charge on any atom is 0.410 e. The fourth-order valence-electron chi connectivity index (χ4n) is 5.24. The average Bonchev–Trinajstić information content (AvgIpc) is 3.71. The number of benzene rings is 1. The molecule has 0 N–H and O–H groups in total. The zero-order valence-corrected chi connectivity index (χ0v) is 26.6. The van der Waals surface area contributed by atoms with Gasteiger partial charge in [0.05, 0.1) is 27.1 Å². The van der Waals surface area contributed by atoms with Gasteiger partial charge in [-0.25, -0.2) is 19.7 Å². The minimum absolute atomic E-state index is 0.0732. The molecule has 6 rings (SSSR count). The molecule has 1 aliphatic rings. The van der Waals surface area contributed by atoms with Crippen LogP contribution in [0.3, 0.4) is 0 Å². The molecule has 0 aliphatic carbocycles. The lowest BCUT2D eigenvalue weighted by Gasteiger charge is -2.32. The Balaban J connectivity index is 1.09. The highest BCUT2D eigenvalue weighted by atomic mass is 16.6. The van der Waals surface area contributed by atoms with Crippen molar-refractivity contribution >= 4 is 17.3 Å². The Kier molecular flexibility index (Phi) is 8.73. The van der Waals surface area contributed by atoms with Crippen molar-refractivity contribution in [3.8, 4) is 28.8 Å². The van der Waals surface area contributed by atoms with Gasteiger partial charge in [0.1, 0.15) is 17.7 Å². The molecule has 1 aliphatic heterocycles. The van der Waals surface area contributed by atoms with Crippen molar-refractivity contribution in [2.45, 2.75) is 58.3 Å². The fourth-order valence-corrected chi connectivity index (χ4v) is 5.24. The fraction of sp³-hybridized carbons (Fsp3) is 0.394. The summed E-state index contributed by atoms with van der Waals surface area (Å²) in [6, 6.07) is 11.4. The zero-order chi connectivity index (χ0) is 32.3. The maximum absolute atomic E-state index is 12.4. The summed E-state index contributed by atoms with van der Waals surface area (Å²) in [7, 11) is 3.20. The third-order valence-electron chi connectivity index (χ3n) is 7.63. The first-order valence-corrected chi connectivity index (χ1v) is 15.1. The van der Waals surface area contributed by atoms with Crippen molar-refractivity contribution in [1.29, 1.82) is 0 Å². The molecule has 1 saturated heterocycles. The molecule has 13 heteroatoms. The average molecular weight is 628 g/mol. The molecular formula is C33H37N7O6. The highest BCUT2D eigenvalue weighted by molar-refractivity contribution is 5.76. The van der Waals surface area contributed by atoms with E-state index in [1.54, 1.807) is 43.9 Å². The summed E-state index contributed by atoms with van der Waals surface area (Å²) < 4.78 is 29.8. The van der Waals surface area contributed by atoms with Gasteiger partial charge in [-0.1, -0.05) is 11.2 Å². The lowest BCUT2D eigenvalue weighted by Crippen LogP contribution is -2.41. The molecule has 0 radical (unpaired) electrons. The predicted octanol–water partition coefficient (Wildman–Crippen LogP) is 5.64. The first-order valence-electron chi connectivity index (χ1n) is 15.1. The van der Waals surface area contributed by atoms with Gasteiger partial charge in [-0.2, -0.15) is 4.98 Å². The van der Waals surface area contributed by atoms with E-state index in [-0.39, 0.29) is 12.0 Å². The summed E-state index contributed by atoms with van der Waals surface area (Å²) in [5.41, 5.74) is 3.56. The van der Waals surface area contributed by atoms with Gasteiger partial charge in [0.15, 0.2) is 17.1 Å². The quantitative estimate of drug-likeness (QED) is 0.201. The van der Waals surface area contributed by atoms with E-state index in [1.165, 1.54) is 0 Å². The third-order valence-corrected chi connectivity index (χ3v) is 7.63. The Morgan fingerprint density at radius 2 is 1.76 bits per heavy atom. The third kappa shape index (κ3) is 7.03. The Labute approximate surface area is 266 Å². The number of rotatable bonds is 9. The van der Waals surface area contributed by atoms with Gasteiger partial charge in [0.25, 0.3) is 0 Å². The van der Waals surface area contributed by atoms with Crippen molar-refractivity contribution in [3.63, 3.8) is 0 Å². The topological polar surface area (TPSA) is 140 Å². The van der Waals surface area contributed by atoms with Crippen LogP contribution >= 0.6 is 0 Å². The van der Waals surface area contributed by atoms with Gasteiger partial charge in [0, 0.05) is 48.6 Å². The van der Waals surface area contributed by atoms with E-state index in [0.717, 1.165) is 35.1 Å². The standard InChI is InChI=1S/C33H37N7O6/c1-33(2,3)45-32(41)39-12-10-23(11-13-39)31-37-29(38-46-31)24-15-25-30(35-17-24)40(20-36-25)18-21-6-8-26(27(14-21)42-4)44-19-22-7-9-28(43-5)34-16-22/h6-9,14-17,20,23H,10-13,18-19H2,1-5H3. The monoisotopic (exact) mass is 627 g/mol. The number of pyridine rings is 2. The van der Waals surface area contributed by atoms with Gasteiger partial charge < -0.3 is 32.9 Å². The number of piperidine rings is 1. The Morgan fingerprint density at radius 3 is 2.48 bits per heavy atom. The van der Waals surface area contributed by atoms with E-state index in [0.29, 0.717) is 60.9 Å². The van der Waals surface area contributed by atoms with E-state index in [1.807, 2.05) is 55.7 Å². The summed E-state index contributed by atoms with van der Waals surface area (Å²) >= 11 is 0. The van der Waals surface area contributed by atoms with E-state index >= 15 is 0 Å². The second kappa shape index (κ2) is 13.0. The first-order chi connectivity index (χ1) is 22.2. The molecule has 1 amide bonds. The van der Waals surface area contributed by atoms with Gasteiger partial charge in [-0.15, -0.1) is 0 Å². The number of likely N-dealkylation sites (tertiary alicyclic amines) is 1. The second-order valence-electron chi connectivity index (χ2n) is 12.1. The number of methoxy groups -OCH3 is 2. The molecule has 1 fully saturated rings. The molecule has 0 bridgehead atoms. The number of hydrogen-bond acceptors (Lipinski definition) is 11. The molecule has 0 atom stereocenters. The Morgan fingerprint density at radius 1 is 0.957 bits per heavy atom. The van der Waals surface area contributed by atoms with Crippen molar-refractivity contribution in [1.82, 2.24) is 34.6 Å². The molecule has 46 heavy (non-hydrogen) atoms. The van der Waals surface area contributed by atoms with Crippen molar-refractivity contribution in [3.05, 3.63) is 72.1 Å². The molecule has 0 unspecified atom stereocenters. The predicted molar refractivity (Wildman–Crippen MR) is 168 cm³/mol. The molecule has 240 valence electrons. The molecule has 4 aromatic heterocycles. The normalized spacial score (nSPS) is 14.0. The van der Waals surface area contributed by atoms with Crippen LogP contribution in [0.1, 0.15) is 56.5 Å². The molecule has 0 spiro atoms. The van der Waals surface area contributed by atoms with Crippen LogP contribution in [0.5, 0.6) is 17.4 Å². The molecule has 0 saturated carbocycles. The van der Waals surface area contributed by atoms with Crippen LogP contribution in [-0.4, -0.2) is 73.6 Å². The Bertz CT molecular complexity index is 1800. The minimum Gasteiger partial charge on any atom is -0.493 e. The number of ether oxygens (including phenoxy) is 4. The van der Waals surface area contributed by atoms with Crippen LogP contribution in [0.15, 0.2) is 59.6 Å². The molecule has 1 aromatic carbocycles. The van der Waals surface area contributed by atoms with E-state index in [2.05, 4.69) is 25.1 Å². The van der Waals surface area contributed by atoms with Gasteiger partial charge >= 0.3 is 6.09 Å². The van der Waals surface area contributed by atoms with Crippen LogP contribution in [0.2, 0.25) is 0 Å². The number of hydrogen-bond donors (Lipinski definition) is 0. The van der Waals surface area contributed by atoms with Crippen LogP contribution in [0, 0.1) is 0 Å². The number of carbonyl (C=O) groups is 1. The van der Waals surface area contributed by atoms with E-state index in [4.69, 9.17) is 23.5 Å². The van der Waals surface area contributed by atoms with Crippen LogP contribution < -0.4 is 14.2 Å². The van der Waals surface area contributed by atoms with Crippen LogP contribution in [0.25, 0.3) is 22.6 Å². The second-order valence-corrected chi connectivity index (χ2v) is 12.1. The maximum atomic E-state index is 12.4. The lowest BCUT2D eigenvalue weighted by atomic mass is 9.97. The highest BCUT2D eigenvalue weighted by Gasteiger charge is 2.30. The number of carbonyl (C=O) groups excluding carboxylic acids is 1. The Hall–Kier alpha value is -5.20. The summed E-state index contributed by atoms with van der Waals surface area (Å²) in [6.45, 7) is 7.63. The number of nitrogens with zero attached hydrogens (tertiary/aromatic N) is 7. The van der Waals surface area contributed by atoms with E-state index < -0.39 is 5.60 Å². The molecule has 5 heterocycles. The SMILES string of the molecule is COc1ccc(COc2ccc(Cn3cnc4cc(-c5noc(C6CCN(C(=O)OC(C)(C)C)CC6)n5)cnc43)cc2OC)cn1. The number of fused-ring (bicyclic) bond motifs is 1. The molecular weight excluding hydrogens is 590 g/mol. The minimum atomic E-state index is -0.521. The number of aromatic nitrogens is 6. The van der Waals surface area contributed by atoms with Gasteiger partial charge in [-0.05, 0) is 63.4 Å². The molecule has 13 nitrogen and oxygen atoms in total. The van der Waals surface area contributed by atoms with E-state index in [9.17, 15) is 4.79 Å². The van der Waals surface area contributed by atoms with Crippen LogP contribution in [0.4, 0.5) is 4.79 Å². The number of imidazole rings is 1. The lowest BCUT2D eigenvalue weighted by molar-refractivity contribution is 0.0198. The van der Waals surface area contributed by atoms with Crippen molar-refractivity contribution in [2.24, 2.45) is 0 Å². The number of amides is 1. The largest absolute Gasteiger partial charge is 0.493 e. The highest BCUT2D eigenvalue weighted by Crippen LogP contribution is 2.31.